The summed E-state index contributed by atoms with van der Waals surface area (Å²) in [6, 6.07) is 7.96. The first-order valence-electron chi connectivity index (χ1n) is 6.34. The predicted molar refractivity (Wildman–Crippen MR) is 70.7 cm³/mol. The van der Waals surface area contributed by atoms with Crippen LogP contribution in [0.5, 0.6) is 5.75 Å². The van der Waals surface area contributed by atoms with E-state index in [9.17, 15) is 4.79 Å². The SMILES string of the molecule is COc1ccc(CC(=O)N2CCNC[C@H]2C)cc1. The molecule has 1 aliphatic heterocycles. The normalized spacial score (nSPS) is 19.7. The number of methoxy groups -OCH3 is 1. The first kappa shape index (κ1) is 12.9. The Bertz CT molecular complexity index is 403. The monoisotopic (exact) mass is 248 g/mol. The first-order chi connectivity index (χ1) is 8.70. The Hall–Kier alpha value is -1.55. The maximum atomic E-state index is 12.2. The minimum Gasteiger partial charge on any atom is -0.497 e. The minimum absolute atomic E-state index is 0.203. The van der Waals surface area contributed by atoms with E-state index >= 15 is 0 Å². The fraction of sp³-hybridized carbons (Fsp3) is 0.500. The van der Waals surface area contributed by atoms with Crippen LogP contribution in [-0.4, -0.2) is 43.6 Å². The average molecular weight is 248 g/mol. The van der Waals surface area contributed by atoms with Crippen LogP contribution in [0.25, 0.3) is 0 Å². The number of benzene rings is 1. The molecule has 1 atom stereocenters. The highest BCUT2D eigenvalue weighted by atomic mass is 16.5. The van der Waals surface area contributed by atoms with E-state index in [1.54, 1.807) is 7.11 Å². The number of hydrogen-bond donors (Lipinski definition) is 1. The molecule has 0 bridgehead atoms. The number of ether oxygens (including phenoxy) is 1. The molecule has 1 aliphatic rings. The van der Waals surface area contributed by atoms with Gasteiger partial charge in [-0.2, -0.15) is 0 Å². The van der Waals surface area contributed by atoms with Gasteiger partial charge in [-0.1, -0.05) is 12.1 Å². The maximum absolute atomic E-state index is 12.2. The lowest BCUT2D eigenvalue weighted by molar-refractivity contribution is -0.133. The molecule has 0 radical (unpaired) electrons. The van der Waals surface area contributed by atoms with Crippen molar-refractivity contribution in [1.29, 1.82) is 0 Å². The van der Waals surface area contributed by atoms with Crippen LogP contribution in [0.2, 0.25) is 0 Å². The zero-order valence-electron chi connectivity index (χ0n) is 11.0. The topological polar surface area (TPSA) is 41.6 Å². The van der Waals surface area contributed by atoms with E-state index in [1.165, 1.54) is 0 Å². The summed E-state index contributed by atoms with van der Waals surface area (Å²) in [5.41, 5.74) is 1.03. The molecule has 4 heteroatoms. The zero-order chi connectivity index (χ0) is 13.0. The van der Waals surface area contributed by atoms with Gasteiger partial charge in [-0.3, -0.25) is 4.79 Å². The van der Waals surface area contributed by atoms with Crippen molar-refractivity contribution in [3.05, 3.63) is 29.8 Å². The van der Waals surface area contributed by atoms with E-state index in [-0.39, 0.29) is 11.9 Å². The van der Waals surface area contributed by atoms with Gasteiger partial charge in [-0.25, -0.2) is 0 Å². The number of amides is 1. The van der Waals surface area contributed by atoms with Gasteiger partial charge in [0.2, 0.25) is 5.91 Å². The summed E-state index contributed by atoms with van der Waals surface area (Å²) in [5, 5.41) is 3.29. The van der Waals surface area contributed by atoms with Crippen LogP contribution >= 0.6 is 0 Å². The lowest BCUT2D eigenvalue weighted by atomic mass is 10.1. The van der Waals surface area contributed by atoms with E-state index in [1.807, 2.05) is 29.2 Å². The highest BCUT2D eigenvalue weighted by Crippen LogP contribution is 2.13. The molecule has 1 aromatic carbocycles. The molecule has 98 valence electrons. The Morgan fingerprint density at radius 1 is 1.44 bits per heavy atom. The van der Waals surface area contributed by atoms with Crippen LogP contribution in [-0.2, 0) is 11.2 Å². The van der Waals surface area contributed by atoms with E-state index in [0.29, 0.717) is 6.42 Å². The van der Waals surface area contributed by atoms with Gasteiger partial charge in [-0.15, -0.1) is 0 Å². The van der Waals surface area contributed by atoms with E-state index in [2.05, 4.69) is 12.2 Å². The second kappa shape index (κ2) is 5.87. The molecule has 0 aromatic heterocycles. The quantitative estimate of drug-likeness (QED) is 0.869. The summed E-state index contributed by atoms with van der Waals surface area (Å²) >= 11 is 0. The molecule has 1 fully saturated rings. The molecular formula is C14H20N2O2. The van der Waals surface area contributed by atoms with Crippen molar-refractivity contribution in [3.8, 4) is 5.75 Å². The summed E-state index contributed by atoms with van der Waals surface area (Å²) in [6.07, 6.45) is 0.467. The van der Waals surface area contributed by atoms with Crippen LogP contribution in [0, 0.1) is 0 Å². The average Bonchev–Trinajstić information content (AvgIpc) is 2.40. The summed E-state index contributed by atoms with van der Waals surface area (Å²) in [4.78, 5) is 14.2. The third-order valence-corrected chi connectivity index (χ3v) is 3.34. The molecule has 1 N–H and O–H groups in total. The molecule has 2 rings (SSSR count). The van der Waals surface area contributed by atoms with Crippen molar-refractivity contribution < 1.29 is 9.53 Å². The summed E-state index contributed by atoms with van der Waals surface area (Å²) < 4.78 is 5.10. The predicted octanol–water partition coefficient (Wildman–Crippen LogP) is 1.06. The Labute approximate surface area is 108 Å². The second-order valence-corrected chi connectivity index (χ2v) is 4.67. The van der Waals surface area contributed by atoms with E-state index in [4.69, 9.17) is 4.74 Å². The third kappa shape index (κ3) is 3.01. The van der Waals surface area contributed by atoms with Crippen molar-refractivity contribution in [2.45, 2.75) is 19.4 Å². The van der Waals surface area contributed by atoms with Crippen LogP contribution in [0.15, 0.2) is 24.3 Å². The van der Waals surface area contributed by atoms with Gasteiger partial charge in [0.1, 0.15) is 5.75 Å². The number of nitrogens with zero attached hydrogens (tertiary/aromatic N) is 1. The van der Waals surface area contributed by atoms with Crippen LogP contribution in [0.1, 0.15) is 12.5 Å². The number of carbonyl (C=O) groups is 1. The summed E-state index contributed by atoms with van der Waals surface area (Å²) in [7, 11) is 1.64. The Morgan fingerprint density at radius 2 is 2.17 bits per heavy atom. The Morgan fingerprint density at radius 3 is 2.78 bits per heavy atom. The fourth-order valence-electron chi connectivity index (χ4n) is 2.23. The highest BCUT2D eigenvalue weighted by Gasteiger charge is 2.22. The van der Waals surface area contributed by atoms with Crippen molar-refractivity contribution in [2.24, 2.45) is 0 Å². The van der Waals surface area contributed by atoms with Gasteiger partial charge in [0, 0.05) is 25.7 Å². The highest BCUT2D eigenvalue weighted by molar-refractivity contribution is 5.79. The summed E-state index contributed by atoms with van der Waals surface area (Å²) in [6.45, 7) is 4.65. The van der Waals surface area contributed by atoms with Crippen molar-refractivity contribution in [1.82, 2.24) is 10.2 Å². The fourth-order valence-corrected chi connectivity index (χ4v) is 2.23. The standard InChI is InChI=1S/C14H20N2O2/c1-11-10-15-7-8-16(11)14(17)9-12-3-5-13(18-2)6-4-12/h3-6,11,15H,7-10H2,1-2H3/t11-/m1/s1. The number of nitrogens with one attached hydrogen (secondary N) is 1. The zero-order valence-corrected chi connectivity index (χ0v) is 11.0. The van der Waals surface area contributed by atoms with E-state index < -0.39 is 0 Å². The lowest BCUT2D eigenvalue weighted by Crippen LogP contribution is -2.52. The molecule has 1 heterocycles. The summed E-state index contributed by atoms with van der Waals surface area (Å²) in [5.74, 6) is 1.02. The molecule has 0 saturated carbocycles. The number of piperazine rings is 1. The van der Waals surface area contributed by atoms with Crippen molar-refractivity contribution in [2.75, 3.05) is 26.7 Å². The smallest absolute Gasteiger partial charge is 0.227 e. The first-order valence-corrected chi connectivity index (χ1v) is 6.34. The molecule has 18 heavy (non-hydrogen) atoms. The molecule has 1 aromatic rings. The van der Waals surface area contributed by atoms with Crippen LogP contribution < -0.4 is 10.1 Å². The van der Waals surface area contributed by atoms with Crippen LogP contribution in [0.4, 0.5) is 0 Å². The van der Waals surface area contributed by atoms with Crippen molar-refractivity contribution in [3.63, 3.8) is 0 Å². The van der Waals surface area contributed by atoms with Crippen molar-refractivity contribution >= 4 is 5.91 Å². The van der Waals surface area contributed by atoms with Gasteiger partial charge in [0.15, 0.2) is 0 Å². The van der Waals surface area contributed by atoms with Gasteiger partial charge >= 0.3 is 0 Å². The van der Waals surface area contributed by atoms with Crippen LogP contribution in [0.3, 0.4) is 0 Å². The number of rotatable bonds is 3. The largest absolute Gasteiger partial charge is 0.497 e. The molecule has 0 unspecified atom stereocenters. The third-order valence-electron chi connectivity index (χ3n) is 3.34. The van der Waals surface area contributed by atoms with Gasteiger partial charge in [0.25, 0.3) is 0 Å². The number of hydrogen-bond acceptors (Lipinski definition) is 3. The Balaban J connectivity index is 1.97. The minimum atomic E-state index is 0.203. The number of carbonyl (C=O) groups excluding carboxylic acids is 1. The van der Waals surface area contributed by atoms with Gasteiger partial charge in [0.05, 0.1) is 13.5 Å². The molecular weight excluding hydrogens is 228 g/mol. The molecule has 1 amide bonds. The maximum Gasteiger partial charge on any atom is 0.227 e. The van der Waals surface area contributed by atoms with Gasteiger partial charge < -0.3 is 15.0 Å². The lowest BCUT2D eigenvalue weighted by Gasteiger charge is -2.34. The molecule has 4 nitrogen and oxygen atoms in total. The molecule has 0 aliphatic carbocycles. The molecule has 1 saturated heterocycles. The second-order valence-electron chi connectivity index (χ2n) is 4.67. The molecule has 0 spiro atoms. The Kier molecular flexibility index (Phi) is 4.20. The van der Waals surface area contributed by atoms with Gasteiger partial charge in [-0.05, 0) is 24.6 Å². The van der Waals surface area contributed by atoms with E-state index in [0.717, 1.165) is 30.9 Å².